The van der Waals surface area contributed by atoms with Gasteiger partial charge in [0.15, 0.2) is 0 Å². The van der Waals surface area contributed by atoms with Crippen molar-refractivity contribution < 1.29 is 0 Å². The summed E-state index contributed by atoms with van der Waals surface area (Å²) in [6.07, 6.45) is 2.11. The van der Waals surface area contributed by atoms with Gasteiger partial charge in [0.2, 0.25) is 0 Å². The van der Waals surface area contributed by atoms with Crippen LogP contribution < -0.4 is 5.73 Å². The lowest BCUT2D eigenvalue weighted by Gasteiger charge is -2.29. The number of hydrogen-bond acceptors (Lipinski definition) is 3. The number of hydrogen-bond donors (Lipinski definition) is 1. The van der Waals surface area contributed by atoms with E-state index in [1.165, 1.54) is 13.0 Å². The van der Waals surface area contributed by atoms with Crippen LogP contribution in [0.1, 0.15) is 31.4 Å². The van der Waals surface area contributed by atoms with E-state index in [2.05, 4.69) is 23.8 Å². The van der Waals surface area contributed by atoms with E-state index < -0.39 is 0 Å². The van der Waals surface area contributed by atoms with Gasteiger partial charge in [0.25, 0.3) is 0 Å². The predicted octanol–water partition coefficient (Wildman–Crippen LogP) is 3.41. The maximum absolute atomic E-state index is 6.31. The fourth-order valence-electron chi connectivity index (χ4n) is 3.02. The van der Waals surface area contributed by atoms with E-state index in [0.717, 1.165) is 31.6 Å². The van der Waals surface area contributed by atoms with E-state index in [9.17, 15) is 0 Å². The summed E-state index contributed by atoms with van der Waals surface area (Å²) in [6.45, 7) is 6.72. The van der Waals surface area contributed by atoms with Crippen LogP contribution in [0.25, 0.3) is 0 Å². The Labute approximate surface area is 138 Å². The lowest BCUT2D eigenvalue weighted by molar-refractivity contribution is 0.196. The summed E-state index contributed by atoms with van der Waals surface area (Å²) in [5.74, 6) is 0. The van der Waals surface area contributed by atoms with Gasteiger partial charge in [0.1, 0.15) is 0 Å². The maximum Gasteiger partial charge on any atom is 0.0640 e. The van der Waals surface area contributed by atoms with Gasteiger partial charge in [-0.2, -0.15) is 0 Å². The zero-order chi connectivity index (χ0) is 15.4. The molecule has 0 aliphatic carbocycles. The van der Waals surface area contributed by atoms with Crippen molar-refractivity contribution >= 4 is 23.2 Å². The Morgan fingerprint density at radius 2 is 2.10 bits per heavy atom. The number of likely N-dealkylation sites (N-methyl/N-ethyl adjacent to an activating group) is 1. The molecule has 0 amide bonds. The minimum atomic E-state index is -0.0654. The highest BCUT2D eigenvalue weighted by molar-refractivity contribution is 6.42. The molecule has 0 aromatic heterocycles. The number of halogens is 2. The first-order chi connectivity index (χ1) is 9.99. The molecule has 0 radical (unpaired) electrons. The standard InChI is InChI=1S/C16H25Cl2N3/c1-12-11-20(2)8-4-9-21(12)10-7-15(19)13-5-3-6-14(17)16(13)18/h3,5-6,12,15H,4,7-11,19H2,1-2H3. The summed E-state index contributed by atoms with van der Waals surface area (Å²) < 4.78 is 0. The fourth-order valence-corrected chi connectivity index (χ4v) is 3.47. The van der Waals surface area contributed by atoms with Crippen molar-refractivity contribution in [1.82, 2.24) is 9.80 Å². The van der Waals surface area contributed by atoms with Crippen LogP contribution in [0.4, 0.5) is 0 Å². The van der Waals surface area contributed by atoms with Crippen molar-refractivity contribution in [3.05, 3.63) is 33.8 Å². The minimum Gasteiger partial charge on any atom is -0.324 e. The van der Waals surface area contributed by atoms with Crippen LogP contribution in [0.3, 0.4) is 0 Å². The van der Waals surface area contributed by atoms with E-state index in [-0.39, 0.29) is 6.04 Å². The van der Waals surface area contributed by atoms with E-state index in [1.54, 1.807) is 6.07 Å². The number of benzene rings is 1. The van der Waals surface area contributed by atoms with Crippen LogP contribution in [-0.2, 0) is 0 Å². The van der Waals surface area contributed by atoms with Gasteiger partial charge in [-0.05, 0) is 51.5 Å². The molecule has 1 saturated heterocycles. The van der Waals surface area contributed by atoms with E-state index >= 15 is 0 Å². The van der Waals surface area contributed by atoms with Crippen LogP contribution in [0.5, 0.6) is 0 Å². The summed E-state index contributed by atoms with van der Waals surface area (Å²) in [5, 5.41) is 1.17. The average molecular weight is 330 g/mol. The van der Waals surface area contributed by atoms with Crippen molar-refractivity contribution in [2.45, 2.75) is 31.8 Å². The number of nitrogens with two attached hydrogens (primary N) is 1. The zero-order valence-corrected chi connectivity index (χ0v) is 14.4. The van der Waals surface area contributed by atoms with Crippen molar-refractivity contribution in [1.29, 1.82) is 0 Å². The average Bonchev–Trinajstić information content (AvgIpc) is 2.60. The topological polar surface area (TPSA) is 32.5 Å². The molecule has 2 rings (SSSR count). The quantitative estimate of drug-likeness (QED) is 0.918. The second-order valence-electron chi connectivity index (χ2n) is 6.04. The van der Waals surface area contributed by atoms with Crippen LogP contribution in [0, 0.1) is 0 Å². The Hall–Kier alpha value is -0.320. The normalized spacial score (nSPS) is 23.0. The van der Waals surface area contributed by atoms with Gasteiger partial charge < -0.3 is 10.6 Å². The number of nitrogens with zero attached hydrogens (tertiary/aromatic N) is 2. The largest absolute Gasteiger partial charge is 0.324 e. The summed E-state index contributed by atoms with van der Waals surface area (Å²) in [5.41, 5.74) is 7.26. The number of rotatable bonds is 4. The lowest BCUT2D eigenvalue weighted by Crippen LogP contribution is -2.39. The van der Waals surface area contributed by atoms with E-state index in [4.69, 9.17) is 28.9 Å². The molecule has 118 valence electrons. The molecule has 2 atom stereocenters. The summed E-state index contributed by atoms with van der Waals surface area (Å²) >= 11 is 12.3. The highest BCUT2D eigenvalue weighted by atomic mass is 35.5. The van der Waals surface area contributed by atoms with Crippen molar-refractivity contribution in [3.8, 4) is 0 Å². The zero-order valence-electron chi connectivity index (χ0n) is 12.9. The highest BCUT2D eigenvalue weighted by Gasteiger charge is 2.20. The second-order valence-corrected chi connectivity index (χ2v) is 6.82. The van der Waals surface area contributed by atoms with Gasteiger partial charge >= 0.3 is 0 Å². The molecule has 0 bridgehead atoms. The smallest absolute Gasteiger partial charge is 0.0640 e. The van der Waals surface area contributed by atoms with Crippen LogP contribution in [0.15, 0.2) is 18.2 Å². The van der Waals surface area contributed by atoms with Gasteiger partial charge in [-0.3, -0.25) is 4.90 Å². The Bertz CT molecular complexity index is 467. The molecule has 1 heterocycles. The first-order valence-electron chi connectivity index (χ1n) is 7.61. The second kappa shape index (κ2) is 7.80. The third kappa shape index (κ3) is 4.57. The SMILES string of the molecule is CC1CN(C)CCCN1CCC(N)c1cccc(Cl)c1Cl. The van der Waals surface area contributed by atoms with Crippen LogP contribution >= 0.6 is 23.2 Å². The molecule has 3 nitrogen and oxygen atoms in total. The van der Waals surface area contributed by atoms with Crippen molar-refractivity contribution in [2.75, 3.05) is 33.2 Å². The molecule has 1 fully saturated rings. The lowest BCUT2D eigenvalue weighted by atomic mass is 10.0. The minimum absolute atomic E-state index is 0.0654. The molecule has 0 saturated carbocycles. The summed E-state index contributed by atoms with van der Waals surface area (Å²) in [7, 11) is 2.19. The Balaban J connectivity index is 1.94. The molecule has 21 heavy (non-hydrogen) atoms. The molecule has 1 aromatic carbocycles. The Morgan fingerprint density at radius 3 is 2.86 bits per heavy atom. The molecule has 0 spiro atoms. The molecular weight excluding hydrogens is 305 g/mol. The van der Waals surface area contributed by atoms with Gasteiger partial charge in [0.05, 0.1) is 10.0 Å². The summed E-state index contributed by atoms with van der Waals surface area (Å²) in [6, 6.07) is 6.18. The van der Waals surface area contributed by atoms with Crippen LogP contribution in [-0.4, -0.2) is 49.1 Å². The molecule has 1 aliphatic heterocycles. The van der Waals surface area contributed by atoms with Crippen molar-refractivity contribution in [2.24, 2.45) is 5.73 Å². The van der Waals surface area contributed by atoms with E-state index in [0.29, 0.717) is 16.1 Å². The molecule has 1 aromatic rings. The summed E-state index contributed by atoms with van der Waals surface area (Å²) in [4.78, 5) is 4.93. The van der Waals surface area contributed by atoms with Crippen LogP contribution in [0.2, 0.25) is 10.0 Å². The third-order valence-corrected chi connectivity index (χ3v) is 5.13. The maximum atomic E-state index is 6.31. The fraction of sp³-hybridized carbons (Fsp3) is 0.625. The Kier molecular flexibility index (Phi) is 6.33. The third-order valence-electron chi connectivity index (χ3n) is 4.29. The van der Waals surface area contributed by atoms with Gasteiger partial charge in [0, 0.05) is 25.2 Å². The van der Waals surface area contributed by atoms with Crippen molar-refractivity contribution in [3.63, 3.8) is 0 Å². The molecule has 5 heteroatoms. The van der Waals surface area contributed by atoms with E-state index in [1.807, 2.05) is 12.1 Å². The van der Waals surface area contributed by atoms with Gasteiger partial charge in [-0.25, -0.2) is 0 Å². The van der Waals surface area contributed by atoms with Gasteiger partial charge in [-0.15, -0.1) is 0 Å². The Morgan fingerprint density at radius 1 is 1.33 bits per heavy atom. The highest BCUT2D eigenvalue weighted by Crippen LogP contribution is 2.30. The first kappa shape index (κ1) is 17.0. The predicted molar refractivity (Wildman–Crippen MR) is 91.2 cm³/mol. The molecule has 1 aliphatic rings. The van der Waals surface area contributed by atoms with Gasteiger partial charge in [-0.1, -0.05) is 35.3 Å². The molecular formula is C16H25Cl2N3. The molecule has 2 N–H and O–H groups in total. The first-order valence-corrected chi connectivity index (χ1v) is 8.36. The molecule has 2 unspecified atom stereocenters. The monoisotopic (exact) mass is 329 g/mol.